The minimum Gasteiger partial charge on any atom is -0.456 e. The van der Waals surface area contributed by atoms with Crippen molar-refractivity contribution in [1.29, 1.82) is 0 Å². The summed E-state index contributed by atoms with van der Waals surface area (Å²) in [6, 6.07) is 85.2. The van der Waals surface area contributed by atoms with Gasteiger partial charge in [0.1, 0.15) is 11.5 Å². The average Bonchev–Trinajstić information content (AvgIpc) is 3.82. The van der Waals surface area contributed by atoms with E-state index < -0.39 is 0 Å². The van der Waals surface area contributed by atoms with Crippen LogP contribution >= 0.6 is 0 Å². The smallest absolute Gasteiger partial charge is 0.135 e. The highest BCUT2D eigenvalue weighted by atomic mass is 16.5. The van der Waals surface area contributed by atoms with E-state index in [1.807, 2.05) is 12.1 Å². The van der Waals surface area contributed by atoms with E-state index in [-0.39, 0.29) is 0 Å². The second-order valence-electron chi connectivity index (χ2n) is 16.5. The van der Waals surface area contributed by atoms with Crippen LogP contribution < -0.4 is 9.64 Å². The Labute approximate surface area is 370 Å². The summed E-state index contributed by atoms with van der Waals surface area (Å²) in [7, 11) is 0. The Balaban J connectivity index is 0.987. The number of para-hydroxylation sites is 6. The summed E-state index contributed by atoms with van der Waals surface area (Å²) in [5.74, 6) is 1.71. The summed E-state index contributed by atoms with van der Waals surface area (Å²) in [4.78, 5) is 2.40. The van der Waals surface area contributed by atoms with Crippen molar-refractivity contribution < 1.29 is 4.74 Å². The van der Waals surface area contributed by atoms with Crippen LogP contribution in [0.1, 0.15) is 0 Å². The Bertz CT molecular complexity index is 3750. The van der Waals surface area contributed by atoms with Crippen LogP contribution in [0.2, 0.25) is 0 Å². The minimum atomic E-state index is 0.848. The molecule has 0 N–H and O–H groups in total. The molecule has 0 amide bonds. The quantitative estimate of drug-likeness (QED) is 0.167. The van der Waals surface area contributed by atoms with Crippen molar-refractivity contribution >= 4 is 60.7 Å². The number of hydrogen-bond acceptors (Lipinski definition) is 2. The Hall–Kier alpha value is -8.60. The Kier molecular flexibility index (Phi) is 8.18. The number of aromatic nitrogens is 2. The van der Waals surface area contributed by atoms with Gasteiger partial charge in [0, 0.05) is 61.1 Å². The third-order valence-electron chi connectivity index (χ3n) is 12.9. The fraction of sp³-hybridized carbons (Fsp3) is 0. The standard InChI is InChI=1S/C60H39N3O/c1-3-15-42(16-4-1)62-55-23-11-7-19-48(55)53-37-41(29-35-57(53)62)40-27-30-44(31-28-40)61(45-32-34-47-50-21-9-13-25-59(50)64-60-26-14-10-22-51(60)52(47)38-45)46-33-36-58-54(39-46)49-20-8-12-24-56(49)63(58)43-17-5-2-6-18-43/h1-39H. The van der Waals surface area contributed by atoms with Crippen molar-refractivity contribution in [3.05, 3.63) is 237 Å². The predicted octanol–water partition coefficient (Wildman–Crippen LogP) is 16.5. The molecule has 4 nitrogen and oxygen atoms in total. The first-order chi connectivity index (χ1) is 31.7. The molecule has 0 bridgehead atoms. The number of benzene rings is 10. The third kappa shape index (κ3) is 5.70. The van der Waals surface area contributed by atoms with E-state index in [2.05, 4.69) is 238 Å². The third-order valence-corrected chi connectivity index (χ3v) is 12.9. The van der Waals surface area contributed by atoms with Gasteiger partial charge in [-0.1, -0.05) is 133 Å². The van der Waals surface area contributed by atoms with Crippen LogP contribution in [0.5, 0.6) is 11.5 Å². The fourth-order valence-electron chi connectivity index (χ4n) is 10.0. The molecule has 0 aliphatic carbocycles. The van der Waals surface area contributed by atoms with Gasteiger partial charge in [0.15, 0.2) is 0 Å². The first kappa shape index (κ1) is 36.1. The lowest BCUT2D eigenvalue weighted by Crippen LogP contribution is -2.10. The van der Waals surface area contributed by atoms with Gasteiger partial charge >= 0.3 is 0 Å². The molecule has 0 fully saturated rings. The van der Waals surface area contributed by atoms with Gasteiger partial charge < -0.3 is 18.8 Å². The van der Waals surface area contributed by atoms with Gasteiger partial charge in [-0.05, 0) is 125 Å². The van der Waals surface area contributed by atoms with Crippen LogP contribution in [0.25, 0.3) is 88.4 Å². The van der Waals surface area contributed by atoms with E-state index in [9.17, 15) is 0 Å². The number of nitrogens with zero attached hydrogens (tertiary/aromatic N) is 3. The van der Waals surface area contributed by atoms with Crippen LogP contribution in [-0.4, -0.2) is 9.13 Å². The Morgan fingerprint density at radius 1 is 0.281 bits per heavy atom. The molecule has 3 heterocycles. The van der Waals surface area contributed by atoms with Crippen molar-refractivity contribution in [2.75, 3.05) is 4.90 Å². The molecular weight excluding hydrogens is 779 g/mol. The maximum Gasteiger partial charge on any atom is 0.135 e. The van der Waals surface area contributed by atoms with E-state index in [0.717, 1.165) is 67.8 Å². The lowest BCUT2D eigenvalue weighted by molar-refractivity contribution is 0.488. The highest BCUT2D eigenvalue weighted by Gasteiger charge is 2.24. The molecule has 64 heavy (non-hydrogen) atoms. The zero-order valence-electron chi connectivity index (χ0n) is 34.8. The number of fused-ring (bicyclic) bond motifs is 11. The van der Waals surface area contributed by atoms with Gasteiger partial charge in [0.25, 0.3) is 0 Å². The van der Waals surface area contributed by atoms with Crippen molar-refractivity contribution in [3.8, 4) is 56.3 Å². The highest BCUT2D eigenvalue weighted by Crippen LogP contribution is 2.49. The Morgan fingerprint density at radius 2 is 0.734 bits per heavy atom. The van der Waals surface area contributed by atoms with Crippen LogP contribution in [0.4, 0.5) is 17.1 Å². The number of ether oxygens (including phenoxy) is 1. The average molecular weight is 818 g/mol. The molecule has 0 saturated heterocycles. The zero-order valence-corrected chi connectivity index (χ0v) is 34.8. The minimum absolute atomic E-state index is 0.848. The Morgan fingerprint density at radius 3 is 1.38 bits per heavy atom. The molecule has 10 aromatic carbocycles. The van der Waals surface area contributed by atoms with Crippen LogP contribution in [0, 0.1) is 0 Å². The highest BCUT2D eigenvalue weighted by molar-refractivity contribution is 6.12. The molecule has 0 saturated carbocycles. The largest absolute Gasteiger partial charge is 0.456 e. The molecule has 0 radical (unpaired) electrons. The van der Waals surface area contributed by atoms with Gasteiger partial charge in [-0.25, -0.2) is 0 Å². The topological polar surface area (TPSA) is 22.3 Å². The van der Waals surface area contributed by atoms with Gasteiger partial charge in [-0.15, -0.1) is 0 Å². The summed E-state index contributed by atoms with van der Waals surface area (Å²) in [5.41, 5.74) is 17.0. The van der Waals surface area contributed by atoms with Crippen LogP contribution in [-0.2, 0) is 0 Å². The monoisotopic (exact) mass is 817 g/mol. The lowest BCUT2D eigenvalue weighted by atomic mass is 9.93. The molecule has 12 aromatic rings. The van der Waals surface area contributed by atoms with E-state index in [4.69, 9.17) is 4.74 Å². The molecule has 0 atom stereocenters. The van der Waals surface area contributed by atoms with Crippen LogP contribution in [0.15, 0.2) is 237 Å². The van der Waals surface area contributed by atoms with E-state index >= 15 is 0 Å². The fourth-order valence-corrected chi connectivity index (χ4v) is 10.0. The SMILES string of the molecule is c1ccc(-n2c3ccccc3c3cc(-c4ccc(N(c5ccc6c(c5)-c5ccccc5Oc5ccccc5-6)c5ccc6c(c5)c5ccccc5n6-c5ccccc5)cc4)ccc32)cc1. The molecule has 0 spiro atoms. The summed E-state index contributed by atoms with van der Waals surface area (Å²) >= 11 is 0. The molecule has 4 heteroatoms. The normalized spacial score (nSPS) is 11.9. The number of hydrogen-bond donors (Lipinski definition) is 0. The molecule has 13 rings (SSSR count). The van der Waals surface area contributed by atoms with Gasteiger partial charge in [-0.2, -0.15) is 0 Å². The van der Waals surface area contributed by atoms with Crippen molar-refractivity contribution in [2.24, 2.45) is 0 Å². The molecule has 0 unspecified atom stereocenters. The molecule has 2 aromatic heterocycles. The maximum atomic E-state index is 6.59. The first-order valence-corrected chi connectivity index (χ1v) is 21.8. The second-order valence-corrected chi connectivity index (χ2v) is 16.5. The van der Waals surface area contributed by atoms with Crippen molar-refractivity contribution in [2.45, 2.75) is 0 Å². The van der Waals surface area contributed by atoms with Crippen molar-refractivity contribution in [3.63, 3.8) is 0 Å². The number of anilines is 3. The van der Waals surface area contributed by atoms with E-state index in [0.29, 0.717) is 0 Å². The van der Waals surface area contributed by atoms with Gasteiger partial charge in [0.05, 0.1) is 22.1 Å². The second kappa shape index (κ2) is 14.5. The van der Waals surface area contributed by atoms with Gasteiger partial charge in [0.2, 0.25) is 0 Å². The van der Waals surface area contributed by atoms with E-state index in [1.165, 1.54) is 49.2 Å². The predicted molar refractivity (Wildman–Crippen MR) is 266 cm³/mol. The van der Waals surface area contributed by atoms with Gasteiger partial charge in [-0.3, -0.25) is 0 Å². The summed E-state index contributed by atoms with van der Waals surface area (Å²) in [6.45, 7) is 0. The summed E-state index contributed by atoms with van der Waals surface area (Å²) in [6.07, 6.45) is 0. The van der Waals surface area contributed by atoms with E-state index in [1.54, 1.807) is 0 Å². The molecular formula is C60H39N3O. The lowest BCUT2D eigenvalue weighted by Gasteiger charge is -2.27. The maximum absolute atomic E-state index is 6.59. The summed E-state index contributed by atoms with van der Waals surface area (Å²) < 4.78 is 11.3. The molecule has 1 aliphatic rings. The molecule has 300 valence electrons. The number of rotatable bonds is 6. The van der Waals surface area contributed by atoms with Crippen LogP contribution in [0.3, 0.4) is 0 Å². The molecule has 1 aliphatic heterocycles. The summed E-state index contributed by atoms with van der Waals surface area (Å²) in [5, 5.41) is 4.89. The zero-order chi connectivity index (χ0) is 42.1. The first-order valence-electron chi connectivity index (χ1n) is 21.8. The van der Waals surface area contributed by atoms with Crippen molar-refractivity contribution in [1.82, 2.24) is 9.13 Å².